The molecule has 1 fully saturated rings. The fourth-order valence-corrected chi connectivity index (χ4v) is 5.04. The van der Waals surface area contributed by atoms with Crippen LogP contribution in [0.2, 0.25) is 0 Å². The van der Waals surface area contributed by atoms with Crippen molar-refractivity contribution in [2.45, 2.75) is 13.5 Å². The van der Waals surface area contributed by atoms with Gasteiger partial charge in [-0.1, -0.05) is 76.1 Å². The fourth-order valence-electron chi connectivity index (χ4n) is 3.80. The van der Waals surface area contributed by atoms with Crippen LogP contribution in [0.25, 0.3) is 16.8 Å². The number of hydrogen-bond acceptors (Lipinski definition) is 4. The first kappa shape index (κ1) is 23.4. The monoisotopic (exact) mass is 542 g/mol. The Kier molecular flexibility index (Phi) is 6.75. The van der Waals surface area contributed by atoms with Crippen molar-refractivity contribution in [1.29, 1.82) is 0 Å². The summed E-state index contributed by atoms with van der Waals surface area (Å²) in [6.07, 6.45) is 1.93. The number of halogens is 1. The summed E-state index contributed by atoms with van der Waals surface area (Å²) < 4.78 is 7.28. The van der Waals surface area contributed by atoms with E-state index in [-0.39, 0.29) is 5.91 Å². The topological polar surface area (TPSA) is 41.9 Å². The summed E-state index contributed by atoms with van der Waals surface area (Å²) in [5, 5.41) is 2.78. The minimum atomic E-state index is -0.0762. The number of amidine groups is 1. The molecule has 0 atom stereocenters. The molecule has 4 aromatic rings. The van der Waals surface area contributed by atoms with E-state index in [9.17, 15) is 4.79 Å². The second-order valence-corrected chi connectivity index (χ2v) is 10.2. The van der Waals surface area contributed by atoms with Gasteiger partial charge in [-0.25, -0.2) is 4.99 Å². The molecule has 0 unspecified atom stereocenters. The van der Waals surface area contributed by atoms with Gasteiger partial charge in [-0.05, 0) is 71.4 Å². The van der Waals surface area contributed by atoms with Gasteiger partial charge >= 0.3 is 0 Å². The van der Waals surface area contributed by atoms with Crippen LogP contribution in [0.5, 0.6) is 5.75 Å². The molecule has 174 valence electrons. The molecule has 4 nitrogen and oxygen atoms in total. The van der Waals surface area contributed by atoms with Crippen molar-refractivity contribution in [3.05, 3.63) is 111 Å². The maximum absolute atomic E-state index is 13.1. The van der Waals surface area contributed by atoms with E-state index < -0.39 is 0 Å². The molecule has 0 radical (unpaired) electrons. The molecule has 4 aromatic carbocycles. The van der Waals surface area contributed by atoms with Crippen molar-refractivity contribution < 1.29 is 9.53 Å². The van der Waals surface area contributed by atoms with Gasteiger partial charge in [0, 0.05) is 17.1 Å². The molecular weight excluding hydrogens is 520 g/mol. The minimum absolute atomic E-state index is 0.0762. The number of fused-ring (bicyclic) bond motifs is 1. The van der Waals surface area contributed by atoms with Gasteiger partial charge in [0.2, 0.25) is 0 Å². The average Bonchev–Trinajstić information content (AvgIpc) is 3.13. The number of likely N-dealkylation sites (N-methyl/N-ethyl adjacent to an activating group) is 1. The van der Waals surface area contributed by atoms with Crippen molar-refractivity contribution >= 4 is 61.3 Å². The first-order valence-corrected chi connectivity index (χ1v) is 12.8. The lowest BCUT2D eigenvalue weighted by Gasteiger charge is -2.13. The Bertz CT molecular complexity index is 1460. The molecule has 1 aliphatic heterocycles. The van der Waals surface area contributed by atoms with E-state index in [1.165, 1.54) is 17.3 Å². The molecule has 0 aliphatic carbocycles. The van der Waals surface area contributed by atoms with Gasteiger partial charge in [0.05, 0.1) is 10.6 Å². The third kappa shape index (κ3) is 5.19. The van der Waals surface area contributed by atoms with Crippen LogP contribution in [0.1, 0.15) is 16.7 Å². The Labute approximate surface area is 217 Å². The zero-order valence-corrected chi connectivity index (χ0v) is 21.8. The highest BCUT2D eigenvalue weighted by molar-refractivity contribution is 9.10. The van der Waals surface area contributed by atoms with Crippen LogP contribution in [0.4, 0.5) is 5.69 Å². The summed E-state index contributed by atoms with van der Waals surface area (Å²) in [5.41, 5.74) is 3.95. The van der Waals surface area contributed by atoms with Crippen LogP contribution in [0.3, 0.4) is 0 Å². The molecule has 6 heteroatoms. The van der Waals surface area contributed by atoms with Gasteiger partial charge in [-0.2, -0.15) is 0 Å². The summed E-state index contributed by atoms with van der Waals surface area (Å²) in [6, 6.07) is 28.2. The van der Waals surface area contributed by atoms with Crippen molar-refractivity contribution in [3.8, 4) is 5.75 Å². The van der Waals surface area contributed by atoms with Gasteiger partial charge in [0.15, 0.2) is 5.17 Å². The lowest BCUT2D eigenvalue weighted by Crippen LogP contribution is -2.23. The molecular formula is C29H23BrN2O2S. The van der Waals surface area contributed by atoms with E-state index in [2.05, 4.69) is 28.1 Å². The second-order valence-electron chi connectivity index (χ2n) is 8.32. The highest BCUT2D eigenvalue weighted by Crippen LogP contribution is 2.37. The number of hydrogen-bond donors (Lipinski definition) is 0. The smallest absolute Gasteiger partial charge is 0.266 e. The van der Waals surface area contributed by atoms with Gasteiger partial charge < -0.3 is 4.74 Å². The Hall–Kier alpha value is -3.35. The number of nitrogens with zero attached hydrogens (tertiary/aromatic N) is 2. The van der Waals surface area contributed by atoms with Gasteiger partial charge in [-0.3, -0.25) is 9.69 Å². The quantitative estimate of drug-likeness (QED) is 0.242. The van der Waals surface area contributed by atoms with E-state index in [1.54, 1.807) is 11.9 Å². The molecule has 5 rings (SSSR count). The average molecular weight is 543 g/mol. The number of aliphatic imine (C=N–C) groups is 1. The maximum Gasteiger partial charge on any atom is 0.266 e. The Morgan fingerprint density at radius 3 is 2.49 bits per heavy atom. The standard InChI is InChI=1S/C29H23BrN2O2S/c1-19-7-14-23(15-8-19)31-29-32(2)28(33)27(35-29)17-25-24-6-4-3-5-21(24)11-16-26(25)34-18-20-9-12-22(30)13-10-20/h3-17H,18H2,1-2H3/b27-17+,31-29?. The second kappa shape index (κ2) is 10.1. The Morgan fingerprint density at radius 2 is 1.71 bits per heavy atom. The van der Waals surface area contributed by atoms with Crippen LogP contribution in [0.15, 0.2) is 99.3 Å². The van der Waals surface area contributed by atoms with E-state index in [0.29, 0.717) is 16.7 Å². The number of carbonyl (C=O) groups is 1. The predicted octanol–water partition coefficient (Wildman–Crippen LogP) is 7.72. The molecule has 0 N–H and O–H groups in total. The van der Waals surface area contributed by atoms with Crippen molar-refractivity contribution in [3.63, 3.8) is 0 Å². The van der Waals surface area contributed by atoms with Crippen LogP contribution in [-0.2, 0) is 11.4 Å². The first-order valence-electron chi connectivity index (χ1n) is 11.2. The first-order chi connectivity index (χ1) is 17.0. The third-order valence-corrected chi connectivity index (χ3v) is 7.36. The Morgan fingerprint density at radius 1 is 0.971 bits per heavy atom. The zero-order chi connectivity index (χ0) is 24.4. The van der Waals surface area contributed by atoms with Crippen molar-refractivity contribution in [1.82, 2.24) is 4.90 Å². The Balaban J connectivity index is 1.50. The molecule has 0 bridgehead atoms. The molecule has 35 heavy (non-hydrogen) atoms. The van der Waals surface area contributed by atoms with E-state index in [4.69, 9.17) is 9.73 Å². The molecule has 0 spiro atoms. The number of thioether (sulfide) groups is 1. The van der Waals surface area contributed by atoms with Gasteiger partial charge in [-0.15, -0.1) is 0 Å². The molecule has 1 aliphatic rings. The van der Waals surface area contributed by atoms with Crippen LogP contribution in [-0.4, -0.2) is 23.0 Å². The summed E-state index contributed by atoms with van der Waals surface area (Å²) >= 11 is 4.85. The normalized spacial score (nSPS) is 16.0. The predicted molar refractivity (Wildman–Crippen MR) is 149 cm³/mol. The summed E-state index contributed by atoms with van der Waals surface area (Å²) in [4.78, 5) is 20.0. The lowest BCUT2D eigenvalue weighted by molar-refractivity contribution is -0.121. The number of aryl methyl sites for hydroxylation is 1. The molecule has 1 heterocycles. The van der Waals surface area contributed by atoms with Gasteiger partial charge in [0.25, 0.3) is 5.91 Å². The van der Waals surface area contributed by atoms with Crippen LogP contribution < -0.4 is 4.74 Å². The van der Waals surface area contributed by atoms with Crippen molar-refractivity contribution in [2.24, 2.45) is 4.99 Å². The molecule has 0 aromatic heterocycles. The van der Waals surface area contributed by atoms with E-state index in [1.807, 2.05) is 85.8 Å². The maximum atomic E-state index is 13.1. The van der Waals surface area contributed by atoms with Gasteiger partial charge in [0.1, 0.15) is 12.4 Å². The third-order valence-electron chi connectivity index (χ3n) is 5.78. The number of amides is 1. The zero-order valence-electron chi connectivity index (χ0n) is 19.4. The number of benzene rings is 4. The number of carbonyl (C=O) groups excluding carboxylic acids is 1. The van der Waals surface area contributed by atoms with Crippen LogP contribution >= 0.6 is 27.7 Å². The van der Waals surface area contributed by atoms with E-state index >= 15 is 0 Å². The highest BCUT2D eigenvalue weighted by Gasteiger charge is 2.31. The largest absolute Gasteiger partial charge is 0.488 e. The minimum Gasteiger partial charge on any atom is -0.488 e. The summed E-state index contributed by atoms with van der Waals surface area (Å²) in [6.45, 7) is 2.47. The molecule has 1 amide bonds. The molecule has 0 saturated carbocycles. The SMILES string of the molecule is Cc1ccc(N=C2S/C(=C/c3c(OCc4ccc(Br)cc4)ccc4ccccc34)C(=O)N2C)cc1. The summed E-state index contributed by atoms with van der Waals surface area (Å²) in [5.74, 6) is 0.659. The highest BCUT2D eigenvalue weighted by atomic mass is 79.9. The van der Waals surface area contributed by atoms with Crippen LogP contribution in [0, 0.1) is 6.92 Å². The molecule has 1 saturated heterocycles. The van der Waals surface area contributed by atoms with Crippen molar-refractivity contribution in [2.75, 3.05) is 7.05 Å². The lowest BCUT2D eigenvalue weighted by atomic mass is 10.0. The number of rotatable bonds is 5. The summed E-state index contributed by atoms with van der Waals surface area (Å²) in [7, 11) is 1.76. The number of ether oxygens (including phenoxy) is 1. The van der Waals surface area contributed by atoms with E-state index in [0.717, 1.165) is 37.8 Å². The fraction of sp³-hybridized carbons (Fsp3) is 0.103.